The topological polar surface area (TPSA) is 73.4 Å². The molecule has 0 bridgehead atoms. The Kier molecular flexibility index (Phi) is 4.34. The van der Waals surface area contributed by atoms with Crippen LogP contribution in [0.15, 0.2) is 12.4 Å². The number of likely N-dealkylation sites (N-methyl/N-ethyl adjacent to an activating group) is 1. The first-order valence-corrected chi connectivity index (χ1v) is 6.28. The Bertz CT molecular complexity index is 357. The van der Waals surface area contributed by atoms with Gasteiger partial charge in [0.25, 0.3) is 0 Å². The van der Waals surface area contributed by atoms with Crippen LogP contribution in [0.5, 0.6) is 0 Å². The summed E-state index contributed by atoms with van der Waals surface area (Å²) in [5, 5.41) is 13.0. The maximum atomic E-state index is 9.70. The number of nitrogens with zero attached hydrogens (tertiary/aromatic N) is 2. The minimum Gasteiger partial charge on any atom is -0.394 e. The molecular formula is C12H22N4O2. The number of aromatic nitrogens is 2. The van der Waals surface area contributed by atoms with Gasteiger partial charge in [0, 0.05) is 25.0 Å². The van der Waals surface area contributed by atoms with Crippen molar-refractivity contribution in [3.05, 3.63) is 18.2 Å². The van der Waals surface area contributed by atoms with E-state index in [0.717, 1.165) is 12.4 Å². The Morgan fingerprint density at radius 3 is 3.22 bits per heavy atom. The molecule has 1 aromatic rings. The van der Waals surface area contributed by atoms with Crippen molar-refractivity contribution in [1.82, 2.24) is 20.2 Å². The highest BCUT2D eigenvalue weighted by Gasteiger charge is 2.39. The van der Waals surface area contributed by atoms with E-state index in [1.54, 1.807) is 12.4 Å². The molecule has 0 aromatic carbocycles. The van der Waals surface area contributed by atoms with Crippen LogP contribution in [-0.2, 0) is 11.3 Å². The van der Waals surface area contributed by atoms with Crippen LogP contribution in [0.3, 0.4) is 0 Å². The number of nitrogens with one attached hydrogen (secondary N) is 2. The first kappa shape index (κ1) is 13.5. The molecule has 18 heavy (non-hydrogen) atoms. The van der Waals surface area contributed by atoms with Gasteiger partial charge in [0.15, 0.2) is 0 Å². The number of hydrogen-bond acceptors (Lipinski definition) is 5. The second kappa shape index (κ2) is 5.79. The Morgan fingerprint density at radius 1 is 1.72 bits per heavy atom. The monoisotopic (exact) mass is 254 g/mol. The predicted octanol–water partition coefficient (Wildman–Crippen LogP) is -0.419. The summed E-state index contributed by atoms with van der Waals surface area (Å²) in [6.07, 6.45) is 3.54. The van der Waals surface area contributed by atoms with Crippen LogP contribution in [0.25, 0.3) is 0 Å². The Labute approximate surface area is 107 Å². The fraction of sp³-hybridized carbons (Fsp3) is 0.750. The lowest BCUT2D eigenvalue weighted by atomic mass is 9.96. The highest BCUT2D eigenvalue weighted by atomic mass is 16.5. The molecule has 0 saturated carbocycles. The molecule has 1 saturated heterocycles. The van der Waals surface area contributed by atoms with Crippen LogP contribution in [0, 0.1) is 0 Å². The van der Waals surface area contributed by atoms with Gasteiger partial charge in [-0.1, -0.05) is 0 Å². The minimum atomic E-state index is -0.343. The smallest absolute Gasteiger partial charge is 0.120 e. The largest absolute Gasteiger partial charge is 0.394 e. The van der Waals surface area contributed by atoms with E-state index in [2.05, 4.69) is 27.1 Å². The third kappa shape index (κ3) is 2.72. The van der Waals surface area contributed by atoms with Crippen molar-refractivity contribution in [2.75, 3.05) is 33.4 Å². The fourth-order valence-electron chi connectivity index (χ4n) is 2.30. The second-order valence-corrected chi connectivity index (χ2v) is 5.00. The van der Waals surface area contributed by atoms with Crippen molar-refractivity contribution in [1.29, 1.82) is 0 Å². The van der Waals surface area contributed by atoms with E-state index in [1.807, 2.05) is 7.05 Å². The molecular weight excluding hydrogens is 232 g/mol. The SMILES string of the molecule is C[C@@H]1COC[C@@](CO)(CNCc2ncc[nH]2)N1C. The maximum absolute atomic E-state index is 9.70. The van der Waals surface area contributed by atoms with Crippen LogP contribution in [-0.4, -0.2) is 65.0 Å². The second-order valence-electron chi connectivity index (χ2n) is 5.00. The summed E-state index contributed by atoms with van der Waals surface area (Å²) in [5.74, 6) is 0.899. The van der Waals surface area contributed by atoms with E-state index in [0.29, 0.717) is 25.7 Å². The number of rotatable bonds is 5. The van der Waals surface area contributed by atoms with E-state index in [1.165, 1.54) is 0 Å². The molecule has 0 radical (unpaired) electrons. The summed E-state index contributed by atoms with van der Waals surface area (Å²) < 4.78 is 5.58. The number of morpholine rings is 1. The molecule has 0 amide bonds. The van der Waals surface area contributed by atoms with Gasteiger partial charge in [0.1, 0.15) is 5.82 Å². The minimum absolute atomic E-state index is 0.0823. The number of aromatic amines is 1. The predicted molar refractivity (Wildman–Crippen MR) is 68.2 cm³/mol. The number of H-pyrrole nitrogens is 1. The van der Waals surface area contributed by atoms with E-state index in [-0.39, 0.29) is 12.1 Å². The molecule has 3 N–H and O–H groups in total. The van der Waals surface area contributed by atoms with Crippen LogP contribution < -0.4 is 5.32 Å². The van der Waals surface area contributed by atoms with Crippen LogP contribution in [0.4, 0.5) is 0 Å². The van der Waals surface area contributed by atoms with E-state index >= 15 is 0 Å². The van der Waals surface area contributed by atoms with Crippen LogP contribution in [0.1, 0.15) is 12.7 Å². The normalized spacial score (nSPS) is 29.6. The third-order valence-electron chi connectivity index (χ3n) is 3.73. The third-order valence-corrected chi connectivity index (χ3v) is 3.73. The van der Waals surface area contributed by atoms with Gasteiger partial charge in [-0.05, 0) is 14.0 Å². The number of hydrogen-bond donors (Lipinski definition) is 3. The molecule has 1 aliphatic rings. The Morgan fingerprint density at radius 2 is 2.56 bits per heavy atom. The van der Waals surface area contributed by atoms with Crippen molar-refractivity contribution in [3.8, 4) is 0 Å². The average molecular weight is 254 g/mol. The molecule has 1 aliphatic heterocycles. The fourth-order valence-corrected chi connectivity index (χ4v) is 2.30. The molecule has 1 aromatic heterocycles. The van der Waals surface area contributed by atoms with Gasteiger partial charge in [0.05, 0.1) is 31.9 Å². The molecule has 0 spiro atoms. The molecule has 6 nitrogen and oxygen atoms in total. The first-order valence-electron chi connectivity index (χ1n) is 6.28. The number of aliphatic hydroxyl groups excluding tert-OH is 1. The van der Waals surface area contributed by atoms with E-state index < -0.39 is 0 Å². The standard InChI is InChI=1S/C12H22N4O2/c1-10-6-18-9-12(8-17,16(10)2)7-13-5-11-14-3-4-15-11/h3-4,10,13,17H,5-9H2,1-2H3,(H,14,15)/t10-,12+/m1/s1. The summed E-state index contributed by atoms with van der Waals surface area (Å²) in [6, 6.07) is 0.316. The Hall–Kier alpha value is -0.950. The molecule has 2 heterocycles. The first-order chi connectivity index (χ1) is 8.68. The molecule has 2 rings (SSSR count). The summed E-state index contributed by atoms with van der Waals surface area (Å²) in [7, 11) is 2.04. The highest BCUT2D eigenvalue weighted by molar-refractivity contribution is 4.96. The van der Waals surface area contributed by atoms with Gasteiger partial charge in [-0.25, -0.2) is 4.98 Å². The van der Waals surface area contributed by atoms with Gasteiger partial charge in [-0.15, -0.1) is 0 Å². The molecule has 0 aliphatic carbocycles. The number of aliphatic hydroxyl groups is 1. The van der Waals surface area contributed by atoms with Crippen molar-refractivity contribution >= 4 is 0 Å². The average Bonchev–Trinajstić information content (AvgIpc) is 2.88. The molecule has 6 heteroatoms. The molecule has 0 unspecified atom stereocenters. The van der Waals surface area contributed by atoms with Gasteiger partial charge in [-0.3, -0.25) is 4.90 Å². The van der Waals surface area contributed by atoms with Crippen molar-refractivity contribution in [2.45, 2.75) is 25.0 Å². The van der Waals surface area contributed by atoms with Crippen LogP contribution >= 0.6 is 0 Å². The zero-order valence-corrected chi connectivity index (χ0v) is 11.0. The summed E-state index contributed by atoms with van der Waals surface area (Å²) >= 11 is 0. The van der Waals surface area contributed by atoms with Gasteiger partial charge >= 0.3 is 0 Å². The molecule has 102 valence electrons. The van der Waals surface area contributed by atoms with Crippen molar-refractivity contribution in [3.63, 3.8) is 0 Å². The molecule has 1 fully saturated rings. The van der Waals surface area contributed by atoms with Crippen molar-refractivity contribution in [2.24, 2.45) is 0 Å². The lowest BCUT2D eigenvalue weighted by Crippen LogP contribution is -2.65. The quantitative estimate of drug-likeness (QED) is 0.665. The van der Waals surface area contributed by atoms with Crippen molar-refractivity contribution < 1.29 is 9.84 Å². The lowest BCUT2D eigenvalue weighted by Gasteiger charge is -2.47. The van der Waals surface area contributed by atoms with Gasteiger partial charge < -0.3 is 20.1 Å². The summed E-state index contributed by atoms with van der Waals surface area (Å²) in [4.78, 5) is 9.40. The van der Waals surface area contributed by atoms with Gasteiger partial charge in [-0.2, -0.15) is 0 Å². The summed E-state index contributed by atoms with van der Waals surface area (Å²) in [6.45, 7) is 4.79. The zero-order valence-electron chi connectivity index (χ0n) is 11.0. The maximum Gasteiger partial charge on any atom is 0.120 e. The molecule has 2 atom stereocenters. The van der Waals surface area contributed by atoms with E-state index in [4.69, 9.17) is 4.74 Å². The highest BCUT2D eigenvalue weighted by Crippen LogP contribution is 2.21. The lowest BCUT2D eigenvalue weighted by molar-refractivity contribution is -0.106. The van der Waals surface area contributed by atoms with E-state index in [9.17, 15) is 5.11 Å². The summed E-state index contributed by atoms with van der Waals surface area (Å²) in [5.41, 5.74) is -0.343. The number of ether oxygens (including phenoxy) is 1. The zero-order chi connectivity index (χ0) is 13.0. The Balaban J connectivity index is 1.91. The van der Waals surface area contributed by atoms with Crippen LogP contribution in [0.2, 0.25) is 0 Å². The van der Waals surface area contributed by atoms with Gasteiger partial charge in [0.2, 0.25) is 0 Å². The number of imidazole rings is 1.